The number of aromatic nitrogens is 1. The summed E-state index contributed by atoms with van der Waals surface area (Å²) in [5, 5.41) is 5.83. The highest BCUT2D eigenvalue weighted by molar-refractivity contribution is 6.01. The van der Waals surface area contributed by atoms with Crippen LogP contribution in [0, 0.1) is 0 Å². The minimum Gasteiger partial charge on any atom is -0.329 e. The van der Waals surface area contributed by atoms with Gasteiger partial charge in [0.05, 0.1) is 19.1 Å². The fourth-order valence-corrected chi connectivity index (χ4v) is 3.53. The molecule has 8 nitrogen and oxygen atoms in total. The maximum absolute atomic E-state index is 13.1. The Kier molecular flexibility index (Phi) is 5.03. The van der Waals surface area contributed by atoms with Gasteiger partial charge in [-0.2, -0.15) is 0 Å². The molecular weight excluding hydrogens is 358 g/mol. The van der Waals surface area contributed by atoms with E-state index in [-0.39, 0.29) is 37.0 Å². The summed E-state index contributed by atoms with van der Waals surface area (Å²) in [5.74, 6) is -0.290. The van der Waals surface area contributed by atoms with Crippen molar-refractivity contribution >= 4 is 17.8 Å². The lowest BCUT2D eigenvalue weighted by Gasteiger charge is -2.36. The minimum atomic E-state index is -0.384. The molecule has 1 unspecified atom stereocenters. The van der Waals surface area contributed by atoms with Crippen LogP contribution in [0.4, 0.5) is 4.79 Å². The van der Waals surface area contributed by atoms with Gasteiger partial charge in [-0.15, -0.1) is 0 Å². The Morgan fingerprint density at radius 3 is 2.68 bits per heavy atom. The van der Waals surface area contributed by atoms with E-state index in [1.807, 2.05) is 17.0 Å². The smallest absolute Gasteiger partial charge is 0.324 e. The highest BCUT2D eigenvalue weighted by Crippen LogP contribution is 2.24. The summed E-state index contributed by atoms with van der Waals surface area (Å²) in [7, 11) is 0. The van der Waals surface area contributed by atoms with E-state index in [1.165, 1.54) is 4.90 Å². The Morgan fingerprint density at radius 2 is 2.00 bits per heavy atom. The molecule has 2 aliphatic heterocycles. The Hall–Kier alpha value is -3.26. The van der Waals surface area contributed by atoms with Crippen LogP contribution in [0.1, 0.15) is 27.5 Å². The van der Waals surface area contributed by atoms with Crippen molar-refractivity contribution < 1.29 is 14.4 Å². The maximum Gasteiger partial charge on any atom is 0.324 e. The fourth-order valence-electron chi connectivity index (χ4n) is 3.53. The first-order chi connectivity index (χ1) is 13.6. The number of urea groups is 1. The molecule has 1 aromatic heterocycles. The molecule has 1 atom stereocenters. The summed E-state index contributed by atoms with van der Waals surface area (Å²) in [6.07, 6.45) is 3.51. The van der Waals surface area contributed by atoms with Crippen LogP contribution >= 0.6 is 0 Å². The summed E-state index contributed by atoms with van der Waals surface area (Å²) in [6, 6.07) is 10.5. The molecule has 3 heterocycles. The SMILES string of the molecule is O=C1CNC(=O)N1Cc1ccc(C(=O)N2CCNCC2c2cccnc2)cc1. The zero-order chi connectivity index (χ0) is 19.5. The number of hydrogen-bond donors (Lipinski definition) is 2. The highest BCUT2D eigenvalue weighted by Gasteiger charge is 2.30. The molecule has 2 aromatic rings. The van der Waals surface area contributed by atoms with Gasteiger partial charge < -0.3 is 15.5 Å². The second-order valence-electron chi connectivity index (χ2n) is 6.84. The summed E-state index contributed by atoms with van der Waals surface area (Å²) in [5.41, 5.74) is 2.38. The van der Waals surface area contributed by atoms with Gasteiger partial charge in [-0.1, -0.05) is 18.2 Å². The number of nitrogens with one attached hydrogen (secondary N) is 2. The van der Waals surface area contributed by atoms with E-state index in [1.54, 1.807) is 36.7 Å². The van der Waals surface area contributed by atoms with Crippen LogP contribution in [-0.2, 0) is 11.3 Å². The Bertz CT molecular complexity index is 868. The molecular formula is C20H21N5O3. The van der Waals surface area contributed by atoms with E-state index in [9.17, 15) is 14.4 Å². The van der Waals surface area contributed by atoms with E-state index in [0.717, 1.165) is 17.7 Å². The lowest BCUT2D eigenvalue weighted by molar-refractivity contribution is -0.125. The summed E-state index contributed by atoms with van der Waals surface area (Å²) in [6.45, 7) is 2.27. The Balaban J connectivity index is 1.49. The molecule has 0 spiro atoms. The van der Waals surface area contributed by atoms with Gasteiger partial charge in [0.15, 0.2) is 0 Å². The predicted molar refractivity (Wildman–Crippen MR) is 101 cm³/mol. The largest absolute Gasteiger partial charge is 0.329 e. The first-order valence-electron chi connectivity index (χ1n) is 9.22. The summed E-state index contributed by atoms with van der Waals surface area (Å²) < 4.78 is 0. The molecule has 28 heavy (non-hydrogen) atoms. The molecule has 0 bridgehead atoms. The predicted octanol–water partition coefficient (Wildman–Crippen LogP) is 0.920. The quantitative estimate of drug-likeness (QED) is 0.771. The van der Waals surface area contributed by atoms with Crippen molar-refractivity contribution in [2.45, 2.75) is 12.6 Å². The van der Waals surface area contributed by atoms with Crippen molar-refractivity contribution in [3.63, 3.8) is 0 Å². The number of hydrogen-bond acceptors (Lipinski definition) is 5. The number of amides is 4. The number of pyridine rings is 1. The Morgan fingerprint density at radius 1 is 1.18 bits per heavy atom. The van der Waals surface area contributed by atoms with Crippen LogP contribution in [0.2, 0.25) is 0 Å². The first-order valence-corrected chi connectivity index (χ1v) is 9.22. The first kappa shape index (κ1) is 18.1. The van der Waals surface area contributed by atoms with Gasteiger partial charge in [-0.05, 0) is 29.3 Å². The second-order valence-corrected chi connectivity index (χ2v) is 6.84. The number of carbonyl (C=O) groups excluding carboxylic acids is 3. The molecule has 2 fully saturated rings. The lowest BCUT2D eigenvalue weighted by Crippen LogP contribution is -2.48. The second kappa shape index (κ2) is 7.77. The van der Waals surface area contributed by atoms with Crippen LogP contribution in [0.5, 0.6) is 0 Å². The molecule has 144 valence electrons. The maximum atomic E-state index is 13.1. The minimum absolute atomic E-state index is 0.0358. The average Bonchev–Trinajstić information content (AvgIpc) is 3.06. The Labute approximate surface area is 162 Å². The topological polar surface area (TPSA) is 94.6 Å². The van der Waals surface area contributed by atoms with E-state index in [0.29, 0.717) is 18.7 Å². The van der Waals surface area contributed by atoms with Gasteiger partial charge in [0.25, 0.3) is 5.91 Å². The van der Waals surface area contributed by atoms with Gasteiger partial charge in [0, 0.05) is 37.6 Å². The van der Waals surface area contributed by atoms with E-state index in [4.69, 9.17) is 0 Å². The van der Waals surface area contributed by atoms with Gasteiger partial charge in [-0.25, -0.2) is 4.79 Å². The molecule has 1 aromatic carbocycles. The van der Waals surface area contributed by atoms with Crippen molar-refractivity contribution in [3.05, 3.63) is 65.5 Å². The molecule has 2 aliphatic rings. The number of piperazine rings is 1. The zero-order valence-electron chi connectivity index (χ0n) is 15.3. The molecule has 0 aliphatic carbocycles. The number of nitrogens with zero attached hydrogens (tertiary/aromatic N) is 3. The molecule has 4 amide bonds. The van der Waals surface area contributed by atoms with Crippen molar-refractivity contribution in [3.8, 4) is 0 Å². The molecule has 4 rings (SSSR count). The van der Waals surface area contributed by atoms with Gasteiger partial charge in [-0.3, -0.25) is 19.5 Å². The van der Waals surface area contributed by atoms with Gasteiger partial charge >= 0.3 is 6.03 Å². The number of rotatable bonds is 4. The standard InChI is InChI=1S/C20H21N5O3/c26-18-12-23-20(28)25(18)13-14-3-5-15(6-4-14)19(27)24-9-8-22-11-17(24)16-2-1-7-21-10-16/h1-7,10,17,22H,8-9,11-13H2,(H,23,28). The van der Waals surface area contributed by atoms with E-state index >= 15 is 0 Å². The number of carbonyl (C=O) groups is 3. The van der Waals surface area contributed by atoms with Crippen LogP contribution in [-0.4, -0.2) is 58.8 Å². The molecule has 2 N–H and O–H groups in total. The van der Waals surface area contributed by atoms with Crippen LogP contribution in [0.15, 0.2) is 48.8 Å². The lowest BCUT2D eigenvalue weighted by atomic mass is 10.0. The number of imide groups is 1. The van der Waals surface area contributed by atoms with Crippen LogP contribution < -0.4 is 10.6 Å². The van der Waals surface area contributed by atoms with Crippen LogP contribution in [0.3, 0.4) is 0 Å². The third-order valence-corrected chi connectivity index (χ3v) is 5.05. The third kappa shape index (κ3) is 3.59. The molecule has 0 radical (unpaired) electrons. The molecule has 0 saturated carbocycles. The zero-order valence-corrected chi connectivity index (χ0v) is 15.3. The van der Waals surface area contributed by atoms with Crippen LogP contribution in [0.25, 0.3) is 0 Å². The van der Waals surface area contributed by atoms with Crippen molar-refractivity contribution in [2.75, 3.05) is 26.2 Å². The average molecular weight is 379 g/mol. The van der Waals surface area contributed by atoms with Gasteiger partial charge in [0.1, 0.15) is 0 Å². The molecule has 2 saturated heterocycles. The van der Waals surface area contributed by atoms with Crippen molar-refractivity contribution in [2.24, 2.45) is 0 Å². The normalized spacial score (nSPS) is 19.6. The molecule has 8 heteroatoms. The summed E-state index contributed by atoms with van der Waals surface area (Å²) in [4.78, 5) is 43.7. The van der Waals surface area contributed by atoms with Crippen molar-refractivity contribution in [1.29, 1.82) is 0 Å². The van der Waals surface area contributed by atoms with Gasteiger partial charge in [0.2, 0.25) is 5.91 Å². The highest BCUT2D eigenvalue weighted by atomic mass is 16.2. The third-order valence-electron chi connectivity index (χ3n) is 5.05. The number of benzene rings is 1. The van der Waals surface area contributed by atoms with E-state index in [2.05, 4.69) is 15.6 Å². The summed E-state index contributed by atoms with van der Waals surface area (Å²) >= 11 is 0. The fraction of sp³-hybridized carbons (Fsp3) is 0.300. The van der Waals surface area contributed by atoms with E-state index < -0.39 is 0 Å². The monoisotopic (exact) mass is 379 g/mol. The van der Waals surface area contributed by atoms with Crippen molar-refractivity contribution in [1.82, 2.24) is 25.4 Å².